The Balaban J connectivity index is 0.00000140. The SMILES string of the molecule is CC1=C(C)C[C]([Zr]([CH3])([CH3])(=[SiH2])[CH]2C=C(c3ccccc3)c3ccccc32)=C1.Cl.Cl. The summed E-state index contributed by atoms with van der Waals surface area (Å²) in [4.78, 5) is 0. The first-order valence-electron chi connectivity index (χ1n) is 9.58. The molecule has 0 nitrogen and oxygen atoms in total. The zero-order valence-electron chi connectivity index (χ0n) is 17.2. The van der Waals surface area contributed by atoms with Gasteiger partial charge in [0.15, 0.2) is 0 Å². The monoisotopic (exact) mass is 506 g/mol. The van der Waals surface area contributed by atoms with Gasteiger partial charge in [0.25, 0.3) is 0 Å². The topological polar surface area (TPSA) is 0 Å². The summed E-state index contributed by atoms with van der Waals surface area (Å²) in [5, 5.41) is 0. The Morgan fingerprint density at radius 3 is 2.11 bits per heavy atom. The quantitative estimate of drug-likeness (QED) is 0.393. The fourth-order valence-electron chi connectivity index (χ4n) is 4.58. The molecule has 2 aromatic carbocycles. The second-order valence-electron chi connectivity index (χ2n) is 9.13. The fraction of sp³-hybridized carbons (Fsp3) is 0.250. The third-order valence-corrected chi connectivity index (χ3v) is 23.9. The molecule has 0 radical (unpaired) electrons. The van der Waals surface area contributed by atoms with E-state index in [0.717, 1.165) is 0 Å². The van der Waals surface area contributed by atoms with Crippen LogP contribution in [0.2, 0.25) is 9.26 Å². The number of hydrogen-bond donors (Lipinski definition) is 0. The molecule has 0 bridgehead atoms. The first-order chi connectivity index (χ1) is 12.3. The summed E-state index contributed by atoms with van der Waals surface area (Å²) >= 11 is -3.13. The summed E-state index contributed by atoms with van der Waals surface area (Å²) in [6.07, 6.45) is 6.34. The number of benzene rings is 2. The largest absolute Gasteiger partial charge is 0.147 e. The third kappa shape index (κ3) is 3.86. The third-order valence-electron chi connectivity index (χ3n) is 6.58. The summed E-state index contributed by atoms with van der Waals surface area (Å²) in [5.74, 6) is 0. The first kappa shape index (κ1) is 23.6. The van der Waals surface area contributed by atoms with Gasteiger partial charge in [-0.05, 0) is 0 Å². The minimum absolute atomic E-state index is 0. The smallest absolute Gasteiger partial charge is 0.147 e. The van der Waals surface area contributed by atoms with Crippen LogP contribution in [0.3, 0.4) is 0 Å². The summed E-state index contributed by atoms with van der Waals surface area (Å²) in [7, 11) is 0. The van der Waals surface area contributed by atoms with E-state index < -0.39 is 17.4 Å². The molecule has 28 heavy (non-hydrogen) atoms. The van der Waals surface area contributed by atoms with E-state index in [1.165, 1.54) is 28.7 Å². The van der Waals surface area contributed by atoms with Crippen molar-refractivity contribution in [3.8, 4) is 0 Å². The van der Waals surface area contributed by atoms with Crippen molar-refractivity contribution < 1.29 is 17.4 Å². The van der Waals surface area contributed by atoms with Gasteiger partial charge in [-0.25, -0.2) is 0 Å². The molecule has 2 aromatic rings. The average molecular weight is 509 g/mol. The number of halogens is 2. The summed E-state index contributed by atoms with van der Waals surface area (Å²) in [6.45, 7) is 6.97. The minimum Gasteiger partial charge on any atom is -0.147 e. The van der Waals surface area contributed by atoms with Gasteiger partial charge in [-0.15, -0.1) is 24.8 Å². The van der Waals surface area contributed by atoms with E-state index in [-0.39, 0.29) is 24.8 Å². The van der Waals surface area contributed by atoms with Gasteiger partial charge in [0.2, 0.25) is 0 Å². The number of allylic oxidation sites excluding steroid dienone is 5. The van der Waals surface area contributed by atoms with Gasteiger partial charge < -0.3 is 0 Å². The van der Waals surface area contributed by atoms with Crippen LogP contribution in [0.4, 0.5) is 0 Å². The predicted octanol–water partition coefficient (Wildman–Crippen LogP) is 6.97. The standard InChI is InChI=1S/C15H11.C7H9.2CH3.2ClH.H2Si.Zr/c1-2-6-12(7-3-1)15-11-10-13-8-4-5-9-14(13)15;1-6-4-3-5-7(6)2;;;;;;/h1-11H;4H,5H2,1-2H3;2*1H3;2*1H;1H2;. The fourth-order valence-corrected chi connectivity index (χ4v) is 17.5. The van der Waals surface area contributed by atoms with Crippen LogP contribution in [0.25, 0.3) is 5.57 Å². The van der Waals surface area contributed by atoms with Crippen LogP contribution >= 0.6 is 24.8 Å². The van der Waals surface area contributed by atoms with Gasteiger partial charge in [-0.1, -0.05) is 0 Å². The van der Waals surface area contributed by atoms with E-state index in [1.54, 1.807) is 14.4 Å². The molecule has 0 spiro atoms. The Morgan fingerprint density at radius 1 is 0.893 bits per heavy atom. The van der Waals surface area contributed by atoms with Gasteiger partial charge in [0, 0.05) is 0 Å². The Labute approximate surface area is 184 Å². The molecule has 148 valence electrons. The molecule has 0 saturated carbocycles. The second-order valence-corrected chi connectivity index (χ2v) is 38.9. The second kappa shape index (κ2) is 8.23. The number of hydrogen-bond acceptors (Lipinski definition) is 0. The average Bonchev–Trinajstić information content (AvgIpc) is 3.18. The first-order valence-corrected chi connectivity index (χ1v) is 23.1. The Bertz CT molecular complexity index is 1060. The normalized spacial score (nSPS) is 18.7. The minimum atomic E-state index is -3.13. The predicted molar refractivity (Wildman–Crippen MR) is 129 cm³/mol. The molecule has 0 saturated heterocycles. The molecule has 0 fully saturated rings. The van der Waals surface area contributed by atoms with Gasteiger partial charge in [-0.2, -0.15) is 0 Å². The maximum Gasteiger partial charge on any atom is -0.147 e. The molecule has 2 aliphatic rings. The molecule has 0 aromatic heterocycles. The summed E-state index contributed by atoms with van der Waals surface area (Å²) in [5.41, 5.74) is 8.84. The molecule has 1 unspecified atom stereocenters. The van der Waals surface area contributed by atoms with Crippen molar-refractivity contribution >= 4 is 37.3 Å². The van der Waals surface area contributed by atoms with Crippen molar-refractivity contribution in [1.29, 1.82) is 0 Å². The van der Waals surface area contributed by atoms with E-state index in [2.05, 4.69) is 96.7 Å². The maximum atomic E-state index is 2.66. The Morgan fingerprint density at radius 2 is 1.50 bits per heavy atom. The van der Waals surface area contributed by atoms with Crippen LogP contribution in [0.5, 0.6) is 0 Å². The van der Waals surface area contributed by atoms with Crippen LogP contribution in [-0.4, -0.2) is 6.88 Å². The van der Waals surface area contributed by atoms with Crippen LogP contribution in [0.1, 0.15) is 40.6 Å². The van der Waals surface area contributed by atoms with E-state index in [9.17, 15) is 0 Å². The van der Waals surface area contributed by atoms with Crippen molar-refractivity contribution in [2.24, 2.45) is 0 Å². The van der Waals surface area contributed by atoms with Crippen molar-refractivity contribution in [2.75, 3.05) is 0 Å². The summed E-state index contributed by atoms with van der Waals surface area (Å²) in [6, 6.07) is 20.0. The molecular formula is C24H30Cl2SiZr. The van der Waals surface area contributed by atoms with Crippen LogP contribution < -0.4 is 0 Å². The Hall–Kier alpha value is -0.660. The number of fused-ring (bicyclic) bond motifs is 1. The van der Waals surface area contributed by atoms with Gasteiger partial charge in [0.1, 0.15) is 0 Å². The van der Waals surface area contributed by atoms with Crippen molar-refractivity contribution in [3.05, 3.63) is 97.9 Å². The molecule has 4 heteroatoms. The number of rotatable bonds is 3. The molecule has 2 aliphatic carbocycles. The van der Waals surface area contributed by atoms with Crippen LogP contribution in [0.15, 0.2) is 81.2 Å². The summed E-state index contributed by atoms with van der Waals surface area (Å²) < 4.78 is 7.67. The zero-order valence-corrected chi connectivity index (χ0v) is 22.7. The molecule has 0 N–H and O–H groups in total. The Kier molecular flexibility index (Phi) is 6.94. The molecule has 4 rings (SSSR count). The van der Waals surface area contributed by atoms with E-state index in [0.29, 0.717) is 3.63 Å². The molecule has 0 aliphatic heterocycles. The molecule has 0 amide bonds. The molecular weight excluding hydrogens is 478 g/mol. The van der Waals surface area contributed by atoms with Gasteiger partial charge >= 0.3 is 161 Å². The molecule has 1 atom stereocenters. The van der Waals surface area contributed by atoms with E-state index in [4.69, 9.17) is 0 Å². The van der Waals surface area contributed by atoms with Crippen LogP contribution in [0, 0.1) is 0 Å². The zero-order chi connectivity index (χ0) is 18.6. The van der Waals surface area contributed by atoms with E-state index in [1.807, 2.05) is 0 Å². The van der Waals surface area contributed by atoms with Gasteiger partial charge in [0.05, 0.1) is 0 Å². The van der Waals surface area contributed by atoms with Crippen molar-refractivity contribution in [2.45, 2.75) is 33.2 Å². The van der Waals surface area contributed by atoms with Crippen molar-refractivity contribution in [3.63, 3.8) is 0 Å². The van der Waals surface area contributed by atoms with Crippen molar-refractivity contribution in [1.82, 2.24) is 0 Å². The van der Waals surface area contributed by atoms with E-state index >= 15 is 0 Å². The van der Waals surface area contributed by atoms with Crippen LogP contribution in [-0.2, 0) is 17.4 Å². The van der Waals surface area contributed by atoms with Gasteiger partial charge in [-0.3, -0.25) is 0 Å². The maximum absolute atomic E-state index is 3.13. The molecule has 0 heterocycles.